The number of esters is 12. The summed E-state index contributed by atoms with van der Waals surface area (Å²) >= 11 is 0. The molecule has 15 fully saturated rings. The Kier molecular flexibility index (Phi) is 27.2. The first kappa shape index (κ1) is 96.2. The van der Waals surface area contributed by atoms with Gasteiger partial charge in [-0.3, -0.25) is 28.8 Å². The number of carbonyl (C=O) groups excluding carboxylic acids is 12. The second-order valence-corrected chi connectivity index (χ2v) is 38.7. The molecule has 42 nitrogen and oxygen atoms in total. The van der Waals surface area contributed by atoms with Crippen molar-refractivity contribution in [1.82, 2.24) is 0 Å². The van der Waals surface area contributed by atoms with Crippen molar-refractivity contribution in [1.29, 1.82) is 0 Å². The molecule has 31 unspecified atom stereocenters. The molecule has 15 saturated heterocycles. The van der Waals surface area contributed by atoms with E-state index in [1.807, 2.05) is 27.7 Å². The van der Waals surface area contributed by atoms with Crippen LogP contribution >= 0.6 is 0 Å². The topological polar surface area (TPSA) is 570 Å². The normalized spacial score (nSPS) is 36.0. The number of ether oxygens (including phenoxy) is 21. The van der Waals surface area contributed by atoms with Gasteiger partial charge in [-0.1, -0.05) is 20.8 Å². The second kappa shape index (κ2) is 35.7. The van der Waals surface area contributed by atoms with Gasteiger partial charge in [-0.05, 0) is 119 Å². The maximum Gasteiger partial charge on any atom is 0.370 e. The van der Waals surface area contributed by atoms with Crippen molar-refractivity contribution in [3.8, 4) is 0 Å². The highest BCUT2D eigenvalue weighted by atomic mass is 32.2. The van der Waals surface area contributed by atoms with E-state index < -0.39 is 301 Å². The van der Waals surface area contributed by atoms with E-state index in [1.165, 1.54) is 0 Å². The van der Waals surface area contributed by atoms with Crippen molar-refractivity contribution >= 4 is 102 Å². The molecule has 0 saturated carbocycles. The fourth-order valence-electron chi connectivity index (χ4n) is 20.2. The van der Waals surface area contributed by atoms with Crippen LogP contribution in [0.5, 0.6) is 0 Å². The Bertz CT molecular complexity index is 4610. The molecule has 0 radical (unpaired) electrons. The number of carbonyl (C=O) groups is 12. The van der Waals surface area contributed by atoms with E-state index in [1.54, 1.807) is 13.8 Å². The highest BCUT2D eigenvalue weighted by molar-refractivity contribution is 7.87. The summed E-state index contributed by atoms with van der Waals surface area (Å²) in [5.41, 5.74) is -2.56. The zero-order chi connectivity index (χ0) is 92.3. The van der Waals surface area contributed by atoms with Gasteiger partial charge in [0.05, 0.1) is 36.6 Å². The Balaban J connectivity index is 0.000000162. The van der Waals surface area contributed by atoms with Crippen molar-refractivity contribution in [3.05, 3.63) is 0 Å². The SMILES string of the molecule is CC(OC(=O)COCC(=O)OC1C2OC(=O)C3C2OC1C3C(=O)OC(C)(C)C1CC2CCC1O2)C(F)(F)S(=O)(=O)[O-].CCC(C)(OC(=O)C1C2OC3C(OC(=O)C31)C2OC(=O)COCC(=O)OC(C)C(F)(F)S(=O)(=O)[O-])C1CC2CCC1O2.CCC(CC)(OC(=O)C1C2OC3C(OC(=O)C31)C2OC(=O)COCC(=O)OC(C)C(F)(F)S(=O)(=O)[O-])C1CC2CCC1O2. The molecule has 12 bridgehead atoms. The maximum absolute atomic E-state index is 13.7. The molecule has 0 aliphatic carbocycles. The lowest BCUT2D eigenvalue weighted by atomic mass is 9.73. The predicted octanol–water partition coefficient (Wildman–Crippen LogP) is 0.608. The minimum absolute atomic E-state index is 0.00405. The Labute approximate surface area is 714 Å². The van der Waals surface area contributed by atoms with Gasteiger partial charge in [-0.15, -0.1) is 0 Å². The van der Waals surface area contributed by atoms with Gasteiger partial charge in [0.25, 0.3) is 0 Å². The first-order valence-electron chi connectivity index (χ1n) is 40.8. The van der Waals surface area contributed by atoms with Gasteiger partial charge in [0, 0.05) is 17.8 Å². The van der Waals surface area contributed by atoms with Crippen LogP contribution in [-0.4, -0.2) is 311 Å². The van der Waals surface area contributed by atoms with Crippen LogP contribution in [0.2, 0.25) is 0 Å². The van der Waals surface area contributed by atoms with Crippen LogP contribution in [0.1, 0.15) is 139 Å². The van der Waals surface area contributed by atoms with Crippen LogP contribution in [0.15, 0.2) is 0 Å². The van der Waals surface area contributed by atoms with Gasteiger partial charge in [-0.2, -0.15) is 26.3 Å². The van der Waals surface area contributed by atoms with Crippen LogP contribution in [0, 0.1) is 53.3 Å². The largest absolute Gasteiger partial charge is 0.743 e. The van der Waals surface area contributed by atoms with Gasteiger partial charge < -0.3 is 113 Å². The molecule has 0 N–H and O–H groups in total. The molecular formula is C75H93F6O42S3-3. The summed E-state index contributed by atoms with van der Waals surface area (Å²) in [5.74, 6) is -17.8. The standard InChI is InChI=1S/C26H34F2O14S.C25H32F2O14S.C24H30F2O14S/c1-4-25(5-2,13-8-12-6-7-14(13)38-12)42-24(32)18-17-19-22(41-23(17)31)21(20(18)40-19)39-16(30)10-36-9-15(29)37-11(3)26(27,28)43(33,34)35;1-4-24(3,12-7-11-5-6-13(12)37-11)41-23(31)17-16-18-21(40-22(16)30)20(19(17)39-18)38-15(29)9-35-8-14(28)36-10(2)25(26,27)42(32,33)34;1-9(24(25,26)41(31,32)33)35-13(27)7-34-8-14(28)37-19-18-16(15-17(38-18)20(19)39-21(15)29)22(30)40-23(2,3)11-6-10-4-5-12(11)36-10/h11-14,17-22H,4-10H2,1-3H3,(H,33,34,35);10-13,16-21H,4-9H2,1-3H3,(H,32,33,34);9-12,15-20H,4-8H2,1-3H3,(H,31,32,33)/p-3. The molecule has 15 aliphatic heterocycles. The average molecular weight is 1880 g/mol. The Hall–Kier alpha value is -7.41. The monoisotopic (exact) mass is 1880 g/mol. The third-order valence-electron chi connectivity index (χ3n) is 26.6. The fraction of sp³-hybridized carbons (Fsp3) is 0.840. The average Bonchev–Trinajstić information content (AvgIpc) is 1.55. The van der Waals surface area contributed by atoms with Crippen molar-refractivity contribution in [3.63, 3.8) is 0 Å². The molecule has 15 aliphatic rings. The van der Waals surface area contributed by atoms with E-state index in [0.717, 1.165) is 57.8 Å². The number of alkyl halides is 6. The molecule has 15 heterocycles. The lowest BCUT2D eigenvalue weighted by Gasteiger charge is -2.41. The first-order chi connectivity index (χ1) is 58.7. The lowest BCUT2D eigenvalue weighted by molar-refractivity contribution is -0.183. The minimum atomic E-state index is -6.10. The number of halogens is 6. The summed E-state index contributed by atoms with van der Waals surface area (Å²) in [6, 6.07) is 0. The van der Waals surface area contributed by atoms with Crippen molar-refractivity contribution in [2.45, 2.75) is 300 Å². The Morgan fingerprint density at radius 1 is 0.381 bits per heavy atom. The van der Waals surface area contributed by atoms with E-state index >= 15 is 0 Å². The second-order valence-electron chi connectivity index (χ2n) is 34.3. The van der Waals surface area contributed by atoms with Crippen LogP contribution < -0.4 is 0 Å². The Morgan fingerprint density at radius 3 is 0.944 bits per heavy atom. The van der Waals surface area contributed by atoms with Gasteiger partial charge in [0.2, 0.25) is 0 Å². The molecule has 126 heavy (non-hydrogen) atoms. The molecule has 15 rings (SSSR count). The quantitative estimate of drug-likeness (QED) is 0.0359. The smallest absolute Gasteiger partial charge is 0.370 e. The number of hydrogen-bond donors (Lipinski definition) is 0. The van der Waals surface area contributed by atoms with E-state index in [4.69, 9.17) is 85.3 Å². The summed E-state index contributed by atoms with van der Waals surface area (Å²) in [6.45, 7) is 6.85. The van der Waals surface area contributed by atoms with Gasteiger partial charge in [0.15, 0.2) is 85.3 Å². The van der Waals surface area contributed by atoms with E-state index in [2.05, 4.69) is 14.2 Å². The number of fused-ring (bicyclic) bond motifs is 9. The number of hydrogen-bond acceptors (Lipinski definition) is 42. The van der Waals surface area contributed by atoms with Gasteiger partial charge >= 0.3 is 87.4 Å². The minimum Gasteiger partial charge on any atom is -0.743 e. The fourth-order valence-corrected chi connectivity index (χ4v) is 21.5. The maximum atomic E-state index is 13.7. The summed E-state index contributed by atoms with van der Waals surface area (Å²) in [6.07, 6.45) is -10.2. The number of rotatable bonds is 36. The van der Waals surface area contributed by atoms with Crippen molar-refractivity contribution < 1.29 is 222 Å². The van der Waals surface area contributed by atoms with Crippen LogP contribution in [0.25, 0.3) is 0 Å². The van der Waals surface area contributed by atoms with Crippen molar-refractivity contribution in [2.75, 3.05) is 39.6 Å². The Morgan fingerprint density at radius 2 is 0.667 bits per heavy atom. The highest BCUT2D eigenvalue weighted by Gasteiger charge is 2.76. The zero-order valence-electron chi connectivity index (χ0n) is 68.7. The molecule has 0 aromatic carbocycles. The molecular weight excluding hydrogens is 1780 g/mol. The summed E-state index contributed by atoms with van der Waals surface area (Å²) in [4.78, 5) is 151. The van der Waals surface area contributed by atoms with Crippen LogP contribution in [-0.2, 0) is 187 Å². The van der Waals surface area contributed by atoms with Crippen molar-refractivity contribution in [2.24, 2.45) is 53.3 Å². The molecule has 708 valence electrons. The molecule has 51 heteroatoms. The highest BCUT2D eigenvalue weighted by Crippen LogP contribution is 2.58. The summed E-state index contributed by atoms with van der Waals surface area (Å²) in [5, 5.41) is -14.6. The molecule has 0 spiro atoms. The molecule has 0 amide bonds. The van der Waals surface area contributed by atoms with Crippen LogP contribution in [0.4, 0.5) is 26.3 Å². The summed E-state index contributed by atoms with van der Waals surface area (Å²) < 4.78 is 289. The van der Waals surface area contributed by atoms with Gasteiger partial charge in [0.1, 0.15) is 129 Å². The molecule has 0 aromatic heterocycles. The van der Waals surface area contributed by atoms with Crippen LogP contribution in [0.3, 0.4) is 0 Å². The first-order valence-corrected chi connectivity index (χ1v) is 45.1. The third kappa shape index (κ3) is 18.2. The third-order valence-corrected chi connectivity index (χ3v) is 29.6. The molecule has 31 atom stereocenters. The predicted molar refractivity (Wildman–Crippen MR) is 382 cm³/mol. The molecule has 0 aromatic rings. The summed E-state index contributed by atoms with van der Waals surface area (Å²) in [7, 11) is -18.3. The van der Waals surface area contributed by atoms with E-state index in [-0.39, 0.29) is 54.4 Å². The lowest BCUT2D eigenvalue weighted by Crippen LogP contribution is -2.52. The van der Waals surface area contributed by atoms with E-state index in [0.29, 0.717) is 40.0 Å². The van der Waals surface area contributed by atoms with E-state index in [9.17, 15) is 123 Å². The zero-order valence-corrected chi connectivity index (χ0v) is 71.1. The van der Waals surface area contributed by atoms with Gasteiger partial charge in [-0.25, -0.2) is 54.0 Å².